The highest BCUT2D eigenvalue weighted by Gasteiger charge is 2.28. The van der Waals surface area contributed by atoms with E-state index >= 15 is 0 Å². The molecule has 0 aromatic heterocycles. The first kappa shape index (κ1) is 15.6. The fourth-order valence-electron chi connectivity index (χ4n) is 2.40. The van der Waals surface area contributed by atoms with Crippen LogP contribution in [0.5, 0.6) is 5.75 Å². The first-order valence-electron chi connectivity index (χ1n) is 6.30. The summed E-state index contributed by atoms with van der Waals surface area (Å²) in [6, 6.07) is 7.64. The molecule has 1 aliphatic heterocycles. The maximum Gasteiger partial charge on any atom is 0.119 e. The molecule has 4 heteroatoms. The summed E-state index contributed by atoms with van der Waals surface area (Å²) in [5.74, 6) is 2.06. The van der Waals surface area contributed by atoms with Crippen molar-refractivity contribution in [3.05, 3.63) is 29.3 Å². The summed E-state index contributed by atoms with van der Waals surface area (Å²) in [5.41, 5.74) is 0. The van der Waals surface area contributed by atoms with E-state index < -0.39 is 0 Å². The minimum atomic E-state index is 0. The first-order valence-corrected chi connectivity index (χ1v) is 6.67. The SMILES string of the molecule is CC(C)[C@H](Oc1ccc(Cl)cc1)C1CCNC1.Cl. The van der Waals surface area contributed by atoms with E-state index in [9.17, 15) is 0 Å². The summed E-state index contributed by atoms with van der Waals surface area (Å²) in [7, 11) is 0. The van der Waals surface area contributed by atoms with E-state index in [1.165, 1.54) is 6.42 Å². The second kappa shape index (κ2) is 7.22. The quantitative estimate of drug-likeness (QED) is 0.911. The van der Waals surface area contributed by atoms with Crippen molar-refractivity contribution in [2.45, 2.75) is 26.4 Å². The molecule has 0 spiro atoms. The molecule has 1 aromatic rings. The van der Waals surface area contributed by atoms with Crippen molar-refractivity contribution in [2.75, 3.05) is 13.1 Å². The van der Waals surface area contributed by atoms with Crippen LogP contribution in [0.4, 0.5) is 0 Å². The van der Waals surface area contributed by atoms with E-state index in [0.717, 1.165) is 23.9 Å². The van der Waals surface area contributed by atoms with Gasteiger partial charge in [-0.2, -0.15) is 0 Å². The lowest BCUT2D eigenvalue weighted by Gasteiger charge is -2.27. The monoisotopic (exact) mass is 289 g/mol. The molecule has 1 unspecified atom stereocenters. The zero-order valence-electron chi connectivity index (χ0n) is 10.9. The van der Waals surface area contributed by atoms with Gasteiger partial charge in [-0.05, 0) is 43.1 Å². The molecule has 0 amide bonds. The van der Waals surface area contributed by atoms with E-state index in [2.05, 4.69) is 19.2 Å². The largest absolute Gasteiger partial charge is 0.490 e. The average Bonchev–Trinajstić information content (AvgIpc) is 2.81. The molecule has 2 nitrogen and oxygen atoms in total. The zero-order valence-corrected chi connectivity index (χ0v) is 12.4. The number of hydrogen-bond donors (Lipinski definition) is 1. The summed E-state index contributed by atoms with van der Waals surface area (Å²) >= 11 is 5.87. The Balaban J connectivity index is 0.00000162. The minimum Gasteiger partial charge on any atom is -0.490 e. The lowest BCUT2D eigenvalue weighted by Crippen LogP contribution is -2.33. The lowest BCUT2D eigenvalue weighted by molar-refractivity contribution is 0.0973. The summed E-state index contributed by atoms with van der Waals surface area (Å²) < 4.78 is 6.12. The number of halogens is 2. The van der Waals surface area contributed by atoms with Gasteiger partial charge in [0.15, 0.2) is 0 Å². The Labute approximate surface area is 120 Å². The predicted octanol–water partition coefficient (Wildman–Crippen LogP) is 3.77. The van der Waals surface area contributed by atoms with E-state index in [-0.39, 0.29) is 18.5 Å². The van der Waals surface area contributed by atoms with Crippen LogP contribution in [0.1, 0.15) is 20.3 Å². The molecular weight excluding hydrogens is 269 g/mol. The molecule has 102 valence electrons. The molecule has 1 aliphatic rings. The summed E-state index contributed by atoms with van der Waals surface area (Å²) in [6.07, 6.45) is 1.49. The number of benzene rings is 1. The molecule has 0 saturated carbocycles. The Morgan fingerprint density at radius 3 is 2.44 bits per heavy atom. The standard InChI is InChI=1S/C14H20ClNO.ClH/c1-10(2)14(11-7-8-16-9-11)17-13-5-3-12(15)4-6-13;/h3-6,10-11,14,16H,7-9H2,1-2H3;1H/t11?,14-;/m0./s1. The maximum atomic E-state index is 6.12. The highest BCUT2D eigenvalue weighted by molar-refractivity contribution is 6.30. The van der Waals surface area contributed by atoms with Gasteiger partial charge in [-0.25, -0.2) is 0 Å². The van der Waals surface area contributed by atoms with Crippen molar-refractivity contribution in [2.24, 2.45) is 11.8 Å². The van der Waals surface area contributed by atoms with Crippen molar-refractivity contribution in [1.82, 2.24) is 5.32 Å². The van der Waals surface area contributed by atoms with Crippen LogP contribution < -0.4 is 10.1 Å². The predicted molar refractivity (Wildman–Crippen MR) is 78.9 cm³/mol. The summed E-state index contributed by atoms with van der Waals surface area (Å²) in [4.78, 5) is 0. The third-order valence-corrected chi connectivity index (χ3v) is 3.56. The summed E-state index contributed by atoms with van der Waals surface area (Å²) in [5, 5.41) is 4.15. The Bertz CT molecular complexity index is 347. The highest BCUT2D eigenvalue weighted by atomic mass is 35.5. The second-order valence-electron chi connectivity index (χ2n) is 5.03. The molecule has 0 aliphatic carbocycles. The van der Waals surface area contributed by atoms with Crippen LogP contribution in [0.15, 0.2) is 24.3 Å². The average molecular weight is 290 g/mol. The van der Waals surface area contributed by atoms with Crippen LogP contribution in [0.25, 0.3) is 0 Å². The van der Waals surface area contributed by atoms with Gasteiger partial charge < -0.3 is 10.1 Å². The fourth-order valence-corrected chi connectivity index (χ4v) is 2.53. The van der Waals surface area contributed by atoms with Gasteiger partial charge in [-0.3, -0.25) is 0 Å². The van der Waals surface area contributed by atoms with E-state index in [4.69, 9.17) is 16.3 Å². The number of nitrogens with one attached hydrogen (secondary N) is 1. The lowest BCUT2D eigenvalue weighted by atomic mass is 9.92. The Morgan fingerprint density at radius 1 is 1.28 bits per heavy atom. The van der Waals surface area contributed by atoms with E-state index in [0.29, 0.717) is 11.8 Å². The van der Waals surface area contributed by atoms with Crippen molar-refractivity contribution in [3.63, 3.8) is 0 Å². The van der Waals surface area contributed by atoms with Gasteiger partial charge >= 0.3 is 0 Å². The maximum absolute atomic E-state index is 6.12. The zero-order chi connectivity index (χ0) is 12.3. The molecule has 0 radical (unpaired) electrons. The van der Waals surface area contributed by atoms with E-state index in [1.54, 1.807) is 0 Å². The Kier molecular flexibility index (Phi) is 6.27. The third kappa shape index (κ3) is 4.04. The van der Waals surface area contributed by atoms with Crippen LogP contribution in [0.3, 0.4) is 0 Å². The normalized spacial score (nSPS) is 20.6. The minimum absolute atomic E-state index is 0. The molecule has 2 rings (SSSR count). The second-order valence-corrected chi connectivity index (χ2v) is 5.47. The van der Waals surface area contributed by atoms with Gasteiger partial charge in [0.05, 0.1) is 0 Å². The smallest absolute Gasteiger partial charge is 0.119 e. The molecule has 18 heavy (non-hydrogen) atoms. The number of ether oxygens (including phenoxy) is 1. The molecular formula is C14H21Cl2NO. The van der Waals surface area contributed by atoms with Crippen LogP contribution in [0.2, 0.25) is 5.02 Å². The molecule has 1 heterocycles. The van der Waals surface area contributed by atoms with Gasteiger partial charge in [-0.1, -0.05) is 25.4 Å². The summed E-state index contributed by atoms with van der Waals surface area (Å²) in [6.45, 7) is 6.62. The molecule has 1 saturated heterocycles. The number of hydrogen-bond acceptors (Lipinski definition) is 2. The van der Waals surface area contributed by atoms with Gasteiger partial charge in [0.1, 0.15) is 11.9 Å². The molecule has 1 N–H and O–H groups in total. The van der Waals surface area contributed by atoms with Crippen LogP contribution in [-0.4, -0.2) is 19.2 Å². The van der Waals surface area contributed by atoms with Crippen LogP contribution in [0, 0.1) is 11.8 Å². The first-order chi connectivity index (χ1) is 8.16. The van der Waals surface area contributed by atoms with Crippen molar-refractivity contribution >= 4 is 24.0 Å². The van der Waals surface area contributed by atoms with Gasteiger partial charge in [0, 0.05) is 17.5 Å². The van der Waals surface area contributed by atoms with Crippen molar-refractivity contribution in [1.29, 1.82) is 0 Å². The van der Waals surface area contributed by atoms with E-state index in [1.807, 2.05) is 24.3 Å². The van der Waals surface area contributed by atoms with Crippen molar-refractivity contribution in [3.8, 4) is 5.75 Å². The highest BCUT2D eigenvalue weighted by Crippen LogP contribution is 2.25. The van der Waals surface area contributed by atoms with Crippen LogP contribution >= 0.6 is 24.0 Å². The number of rotatable bonds is 4. The van der Waals surface area contributed by atoms with Gasteiger partial charge in [-0.15, -0.1) is 12.4 Å². The molecule has 0 bridgehead atoms. The molecule has 1 fully saturated rings. The third-order valence-electron chi connectivity index (χ3n) is 3.31. The van der Waals surface area contributed by atoms with Gasteiger partial charge in [0.25, 0.3) is 0 Å². The van der Waals surface area contributed by atoms with Crippen LogP contribution in [-0.2, 0) is 0 Å². The Morgan fingerprint density at radius 2 is 1.94 bits per heavy atom. The van der Waals surface area contributed by atoms with Gasteiger partial charge in [0.2, 0.25) is 0 Å². The molecule has 1 aromatic carbocycles. The Hall–Kier alpha value is -0.440. The topological polar surface area (TPSA) is 21.3 Å². The van der Waals surface area contributed by atoms with Crippen molar-refractivity contribution < 1.29 is 4.74 Å². The fraction of sp³-hybridized carbons (Fsp3) is 0.571. The molecule has 2 atom stereocenters.